The molecule has 0 atom stereocenters. The minimum Gasteiger partial charge on any atom is -0.480 e. The zero-order chi connectivity index (χ0) is 24.1. The molecule has 0 amide bonds. The maximum absolute atomic E-state index is 13.7. The van der Waals surface area contributed by atoms with E-state index < -0.39 is 11.8 Å². The van der Waals surface area contributed by atoms with Gasteiger partial charge in [-0.05, 0) is 55.2 Å². The molecule has 34 heavy (non-hydrogen) atoms. The van der Waals surface area contributed by atoms with Gasteiger partial charge in [-0.15, -0.1) is 0 Å². The van der Waals surface area contributed by atoms with Crippen LogP contribution < -0.4 is 5.56 Å². The number of nitrogens with zero attached hydrogens (tertiary/aromatic N) is 2. The molecule has 4 rings (SSSR count). The predicted octanol–water partition coefficient (Wildman–Crippen LogP) is 5.28. The molecule has 0 saturated heterocycles. The Morgan fingerprint density at radius 3 is 2.44 bits per heavy atom. The minimum atomic E-state index is -0.959. The van der Waals surface area contributed by atoms with Gasteiger partial charge in [-0.2, -0.15) is 5.10 Å². The number of halogens is 2. The monoisotopic (exact) mass is 484 g/mol. The predicted molar refractivity (Wildman–Crippen MR) is 128 cm³/mol. The summed E-state index contributed by atoms with van der Waals surface area (Å²) in [6, 6.07) is 15.5. The molecule has 2 aromatic carbocycles. The molecule has 1 heterocycles. The van der Waals surface area contributed by atoms with Gasteiger partial charge in [0.15, 0.2) is 0 Å². The summed E-state index contributed by atoms with van der Waals surface area (Å²) >= 11 is 6.00. The summed E-state index contributed by atoms with van der Waals surface area (Å²) < 4.78 is 20.5. The van der Waals surface area contributed by atoms with Crippen LogP contribution in [0.3, 0.4) is 0 Å². The van der Waals surface area contributed by atoms with Crippen LogP contribution in [-0.4, -0.2) is 34.1 Å². The van der Waals surface area contributed by atoms with E-state index in [9.17, 15) is 14.0 Å². The summed E-state index contributed by atoms with van der Waals surface area (Å²) in [6.45, 7) is 0.684. The Balaban J connectivity index is 1.56. The van der Waals surface area contributed by atoms with Gasteiger partial charge < -0.3 is 9.84 Å². The van der Waals surface area contributed by atoms with Crippen molar-refractivity contribution in [1.82, 2.24) is 9.78 Å². The van der Waals surface area contributed by atoms with E-state index in [1.54, 1.807) is 12.1 Å². The number of rotatable bonds is 8. The first kappa shape index (κ1) is 24.1. The van der Waals surface area contributed by atoms with Crippen molar-refractivity contribution in [2.45, 2.75) is 32.2 Å². The molecular weight excluding hydrogens is 459 g/mol. The van der Waals surface area contributed by atoms with Crippen LogP contribution in [0.2, 0.25) is 5.02 Å². The Kier molecular flexibility index (Phi) is 7.75. The van der Waals surface area contributed by atoms with Crippen LogP contribution >= 0.6 is 11.6 Å². The summed E-state index contributed by atoms with van der Waals surface area (Å²) in [7, 11) is 0. The van der Waals surface area contributed by atoms with Gasteiger partial charge in [-0.1, -0.05) is 48.0 Å². The van der Waals surface area contributed by atoms with Crippen LogP contribution in [0.5, 0.6) is 0 Å². The molecule has 1 fully saturated rings. The second-order valence-corrected chi connectivity index (χ2v) is 9.12. The lowest BCUT2D eigenvalue weighted by Gasteiger charge is -2.28. The zero-order valence-corrected chi connectivity index (χ0v) is 19.4. The third-order valence-electron chi connectivity index (χ3n) is 6.25. The first-order valence-corrected chi connectivity index (χ1v) is 11.7. The summed E-state index contributed by atoms with van der Waals surface area (Å²) in [4.78, 5) is 23.6. The number of carbonyl (C=O) groups is 1. The molecule has 0 spiro atoms. The van der Waals surface area contributed by atoms with Crippen molar-refractivity contribution >= 4 is 17.6 Å². The van der Waals surface area contributed by atoms with E-state index in [0.29, 0.717) is 41.8 Å². The second kappa shape index (κ2) is 10.9. The molecule has 1 aliphatic rings. The number of ether oxygens (including phenoxy) is 1. The first-order valence-electron chi connectivity index (χ1n) is 11.3. The third kappa shape index (κ3) is 5.90. The number of carboxylic acid groups (broad SMARTS) is 1. The van der Waals surface area contributed by atoms with E-state index in [1.165, 1.54) is 16.8 Å². The smallest absolute Gasteiger partial charge is 0.329 e. The van der Waals surface area contributed by atoms with Crippen LogP contribution in [0, 0.1) is 17.7 Å². The zero-order valence-electron chi connectivity index (χ0n) is 18.6. The van der Waals surface area contributed by atoms with Crippen LogP contribution in [0.4, 0.5) is 4.39 Å². The number of aliphatic carboxylic acids is 1. The quantitative estimate of drug-likeness (QED) is 0.470. The van der Waals surface area contributed by atoms with E-state index in [2.05, 4.69) is 0 Å². The molecule has 0 unspecified atom stereocenters. The van der Waals surface area contributed by atoms with E-state index in [0.717, 1.165) is 31.2 Å². The third-order valence-corrected chi connectivity index (χ3v) is 6.54. The fraction of sp³-hybridized carbons (Fsp3) is 0.346. The molecule has 0 bridgehead atoms. The molecule has 1 N–H and O–H groups in total. The van der Waals surface area contributed by atoms with Crippen LogP contribution in [0.25, 0.3) is 22.4 Å². The molecule has 0 radical (unpaired) electrons. The maximum Gasteiger partial charge on any atom is 0.329 e. The topological polar surface area (TPSA) is 81.4 Å². The van der Waals surface area contributed by atoms with Crippen LogP contribution in [-0.2, 0) is 16.1 Å². The Morgan fingerprint density at radius 2 is 1.76 bits per heavy atom. The van der Waals surface area contributed by atoms with E-state index in [1.807, 2.05) is 30.3 Å². The SMILES string of the molecule is O=C(O)COCC1CCC(Cn2nc(-c3ccccc3)c(-c3ccc(F)c(Cl)c3)cc2=O)CC1. The lowest BCUT2D eigenvalue weighted by atomic mass is 9.82. The molecule has 1 aromatic heterocycles. The van der Waals surface area contributed by atoms with Gasteiger partial charge in [-0.25, -0.2) is 13.9 Å². The summed E-state index contributed by atoms with van der Waals surface area (Å²) in [5.74, 6) is -0.835. The van der Waals surface area contributed by atoms with Crippen molar-refractivity contribution in [3.8, 4) is 22.4 Å². The van der Waals surface area contributed by atoms with Gasteiger partial charge >= 0.3 is 5.97 Å². The molecular formula is C26H26ClFN2O4. The van der Waals surface area contributed by atoms with Gasteiger partial charge in [0.25, 0.3) is 5.56 Å². The van der Waals surface area contributed by atoms with Crippen LogP contribution in [0.15, 0.2) is 59.4 Å². The van der Waals surface area contributed by atoms with E-state index in [-0.39, 0.29) is 17.2 Å². The van der Waals surface area contributed by atoms with Crippen LogP contribution in [0.1, 0.15) is 25.7 Å². The molecule has 8 heteroatoms. The van der Waals surface area contributed by atoms with Crippen molar-refractivity contribution in [3.63, 3.8) is 0 Å². The lowest BCUT2D eigenvalue weighted by Crippen LogP contribution is -2.29. The molecule has 6 nitrogen and oxygen atoms in total. The highest BCUT2D eigenvalue weighted by atomic mass is 35.5. The number of carboxylic acids is 1. The first-order chi connectivity index (χ1) is 16.4. The Bertz CT molecular complexity index is 1210. The van der Waals surface area contributed by atoms with Crippen molar-refractivity contribution in [3.05, 3.63) is 75.8 Å². The Labute approximate surface area is 202 Å². The second-order valence-electron chi connectivity index (χ2n) is 8.72. The minimum absolute atomic E-state index is 0.00946. The van der Waals surface area contributed by atoms with E-state index in [4.69, 9.17) is 26.5 Å². The fourth-order valence-electron chi connectivity index (χ4n) is 4.45. The largest absolute Gasteiger partial charge is 0.480 e. The average Bonchev–Trinajstić information content (AvgIpc) is 2.83. The van der Waals surface area contributed by atoms with Gasteiger partial charge in [0, 0.05) is 23.7 Å². The molecule has 1 aliphatic carbocycles. The Morgan fingerprint density at radius 1 is 1.06 bits per heavy atom. The molecule has 178 valence electrons. The summed E-state index contributed by atoms with van der Waals surface area (Å²) in [6.07, 6.45) is 3.70. The average molecular weight is 485 g/mol. The summed E-state index contributed by atoms with van der Waals surface area (Å²) in [5, 5.41) is 13.4. The van der Waals surface area contributed by atoms with Crippen molar-refractivity contribution in [2.24, 2.45) is 11.8 Å². The standard InChI is InChI=1S/C26H26ClFN2O4/c27-22-12-20(10-11-23(22)28)21-13-24(31)30(29-26(21)19-4-2-1-3-5-19)14-17-6-8-18(9-7-17)15-34-16-25(32)33/h1-5,10-13,17-18H,6-9,14-16H2,(H,32,33). The lowest BCUT2D eigenvalue weighted by molar-refractivity contribution is -0.142. The highest BCUT2D eigenvalue weighted by Crippen LogP contribution is 2.33. The van der Waals surface area contributed by atoms with Crippen molar-refractivity contribution < 1.29 is 19.0 Å². The highest BCUT2D eigenvalue weighted by Gasteiger charge is 2.23. The van der Waals surface area contributed by atoms with Gasteiger partial charge in [0.2, 0.25) is 0 Å². The number of hydrogen-bond acceptors (Lipinski definition) is 4. The number of benzene rings is 2. The van der Waals surface area contributed by atoms with Gasteiger partial charge in [-0.3, -0.25) is 4.79 Å². The van der Waals surface area contributed by atoms with E-state index >= 15 is 0 Å². The van der Waals surface area contributed by atoms with Crippen molar-refractivity contribution in [2.75, 3.05) is 13.2 Å². The number of aromatic nitrogens is 2. The molecule has 0 aliphatic heterocycles. The fourth-order valence-corrected chi connectivity index (χ4v) is 4.63. The molecule has 3 aromatic rings. The Hall–Kier alpha value is -3.03. The normalized spacial score (nSPS) is 18.1. The van der Waals surface area contributed by atoms with Gasteiger partial charge in [0.1, 0.15) is 12.4 Å². The highest BCUT2D eigenvalue weighted by molar-refractivity contribution is 6.31. The summed E-state index contributed by atoms with van der Waals surface area (Å²) in [5.41, 5.74) is 2.50. The van der Waals surface area contributed by atoms with Gasteiger partial charge in [0.05, 0.1) is 17.3 Å². The van der Waals surface area contributed by atoms with Crippen molar-refractivity contribution in [1.29, 1.82) is 0 Å². The number of hydrogen-bond donors (Lipinski definition) is 1. The maximum atomic E-state index is 13.7. The molecule has 1 saturated carbocycles.